The van der Waals surface area contributed by atoms with Gasteiger partial charge in [0.1, 0.15) is 0 Å². The molecule has 1 aliphatic rings. The van der Waals surface area contributed by atoms with Gasteiger partial charge in [-0.3, -0.25) is 4.84 Å². The first-order chi connectivity index (χ1) is 4.34. The van der Waals surface area contributed by atoms with E-state index in [0.717, 1.165) is 0 Å². The van der Waals surface area contributed by atoms with Gasteiger partial charge in [-0.2, -0.15) is 0 Å². The number of hydrogen-bond donors (Lipinski definition) is 1. The zero-order chi connectivity index (χ0) is 6.69. The molecule has 0 aliphatic carbocycles. The highest BCUT2D eigenvalue weighted by Crippen LogP contribution is 1.95. The highest BCUT2D eigenvalue weighted by Gasteiger charge is 2.18. The van der Waals surface area contributed by atoms with E-state index in [-0.39, 0.29) is 6.03 Å². The molecule has 0 aromatic carbocycles. The van der Waals surface area contributed by atoms with E-state index >= 15 is 0 Å². The summed E-state index contributed by atoms with van der Waals surface area (Å²) in [5.41, 5.74) is 0. The first-order valence-corrected chi connectivity index (χ1v) is 3.03. The quantitative estimate of drug-likeness (QED) is 0.570. The van der Waals surface area contributed by atoms with E-state index < -0.39 is 0 Å². The van der Waals surface area contributed by atoms with Crippen LogP contribution in [0.5, 0.6) is 0 Å². The van der Waals surface area contributed by atoms with Gasteiger partial charge in [-0.1, -0.05) is 0 Å². The van der Waals surface area contributed by atoms with E-state index in [0.29, 0.717) is 19.7 Å². The molecule has 52 valence electrons. The number of nitrogens with zero attached hydrogens (tertiary/aromatic N) is 1. The van der Waals surface area contributed by atoms with Crippen molar-refractivity contribution >= 4 is 6.03 Å². The Morgan fingerprint density at radius 1 is 1.89 bits per heavy atom. The summed E-state index contributed by atoms with van der Waals surface area (Å²) in [6.45, 7) is 3.75. The molecule has 1 fully saturated rings. The number of nitrogens with one attached hydrogen (secondary N) is 1. The Labute approximate surface area is 53.7 Å². The van der Waals surface area contributed by atoms with Crippen LogP contribution in [0.3, 0.4) is 0 Å². The molecule has 0 atom stereocenters. The van der Waals surface area contributed by atoms with Crippen molar-refractivity contribution in [2.24, 2.45) is 0 Å². The summed E-state index contributed by atoms with van der Waals surface area (Å²) in [6, 6.07) is -0.128. The van der Waals surface area contributed by atoms with E-state index in [4.69, 9.17) is 4.84 Å². The second-order valence-electron chi connectivity index (χ2n) is 1.75. The van der Waals surface area contributed by atoms with Gasteiger partial charge in [0.15, 0.2) is 0 Å². The normalized spacial score (nSPS) is 18.3. The number of hydroxylamine groups is 2. The van der Waals surface area contributed by atoms with Gasteiger partial charge in [-0.05, 0) is 6.92 Å². The topological polar surface area (TPSA) is 41.6 Å². The third kappa shape index (κ3) is 1.32. The average Bonchev–Trinajstić information content (AvgIpc) is 2.18. The van der Waals surface area contributed by atoms with Crippen molar-refractivity contribution in [3.63, 3.8) is 0 Å². The fraction of sp³-hybridized carbons (Fsp3) is 0.800. The van der Waals surface area contributed by atoms with Crippen molar-refractivity contribution in [2.45, 2.75) is 6.92 Å². The molecule has 0 saturated carbocycles. The van der Waals surface area contributed by atoms with Gasteiger partial charge in [-0.25, -0.2) is 9.86 Å². The predicted octanol–water partition coefficient (Wildman–Crippen LogP) is -0.0369. The Morgan fingerprint density at radius 3 is 3.11 bits per heavy atom. The maximum atomic E-state index is 10.7. The predicted molar refractivity (Wildman–Crippen MR) is 31.7 cm³/mol. The van der Waals surface area contributed by atoms with Crippen molar-refractivity contribution < 1.29 is 9.63 Å². The molecule has 0 bridgehead atoms. The second kappa shape index (κ2) is 2.68. The number of amides is 2. The number of hydrogen-bond acceptors (Lipinski definition) is 2. The number of carbonyl (C=O) groups is 1. The molecule has 2 amide bonds. The summed E-state index contributed by atoms with van der Waals surface area (Å²) in [7, 11) is 0. The van der Waals surface area contributed by atoms with Crippen LogP contribution in [0.4, 0.5) is 4.79 Å². The lowest BCUT2D eigenvalue weighted by atomic mass is 10.7. The highest BCUT2D eigenvalue weighted by atomic mass is 16.7. The van der Waals surface area contributed by atoms with Crippen molar-refractivity contribution in [2.75, 3.05) is 19.7 Å². The van der Waals surface area contributed by atoms with Gasteiger partial charge in [0.25, 0.3) is 0 Å². The Hall–Kier alpha value is -0.770. The minimum absolute atomic E-state index is 0.128. The molecule has 9 heavy (non-hydrogen) atoms. The largest absolute Gasteiger partial charge is 0.341 e. The SMILES string of the molecule is CCON1CCNC1=O. The highest BCUT2D eigenvalue weighted by molar-refractivity contribution is 5.74. The minimum Gasteiger partial charge on any atom is -0.334 e. The summed E-state index contributed by atoms with van der Waals surface area (Å²) in [6.07, 6.45) is 0. The molecule has 0 radical (unpaired) electrons. The summed E-state index contributed by atoms with van der Waals surface area (Å²) in [4.78, 5) is 15.6. The molecule has 4 nitrogen and oxygen atoms in total. The van der Waals surface area contributed by atoms with E-state index in [1.165, 1.54) is 5.06 Å². The zero-order valence-corrected chi connectivity index (χ0v) is 5.39. The van der Waals surface area contributed by atoms with E-state index in [2.05, 4.69) is 5.32 Å². The molecule has 0 unspecified atom stereocenters. The van der Waals surface area contributed by atoms with E-state index in [1.807, 2.05) is 6.92 Å². The molecular weight excluding hydrogens is 120 g/mol. The molecule has 0 aromatic heterocycles. The standard InChI is InChI=1S/C5H10N2O2/c1-2-9-7-4-3-6-5(7)8/h2-4H2,1H3,(H,6,8). The molecule has 0 spiro atoms. The van der Waals surface area contributed by atoms with Gasteiger partial charge in [0.2, 0.25) is 0 Å². The van der Waals surface area contributed by atoms with Gasteiger partial charge in [0, 0.05) is 6.54 Å². The van der Waals surface area contributed by atoms with Crippen molar-refractivity contribution in [1.29, 1.82) is 0 Å². The minimum atomic E-state index is -0.128. The van der Waals surface area contributed by atoms with Crippen LogP contribution in [0.15, 0.2) is 0 Å². The Kier molecular flexibility index (Phi) is 1.89. The third-order valence-electron chi connectivity index (χ3n) is 1.10. The number of rotatable bonds is 2. The Morgan fingerprint density at radius 2 is 2.67 bits per heavy atom. The third-order valence-corrected chi connectivity index (χ3v) is 1.10. The lowest BCUT2D eigenvalue weighted by molar-refractivity contribution is -0.0976. The lowest BCUT2D eigenvalue weighted by Gasteiger charge is -2.10. The monoisotopic (exact) mass is 130 g/mol. The van der Waals surface area contributed by atoms with Crippen LogP contribution in [0, 0.1) is 0 Å². The fourth-order valence-corrected chi connectivity index (χ4v) is 0.733. The van der Waals surface area contributed by atoms with E-state index in [9.17, 15) is 4.79 Å². The molecule has 1 heterocycles. The van der Waals surface area contributed by atoms with Crippen LogP contribution < -0.4 is 5.32 Å². The zero-order valence-electron chi connectivity index (χ0n) is 5.39. The lowest BCUT2D eigenvalue weighted by Crippen LogP contribution is -2.28. The average molecular weight is 130 g/mol. The first kappa shape index (κ1) is 6.35. The molecule has 1 saturated heterocycles. The molecule has 4 heteroatoms. The van der Waals surface area contributed by atoms with Crippen LogP contribution in [0.25, 0.3) is 0 Å². The Balaban J connectivity index is 2.31. The maximum Gasteiger partial charge on any atom is 0.341 e. The molecule has 1 rings (SSSR count). The fourth-order valence-electron chi connectivity index (χ4n) is 0.733. The van der Waals surface area contributed by atoms with Gasteiger partial charge >= 0.3 is 6.03 Å². The summed E-state index contributed by atoms with van der Waals surface area (Å²) < 4.78 is 0. The number of urea groups is 1. The van der Waals surface area contributed by atoms with E-state index in [1.54, 1.807) is 0 Å². The smallest absolute Gasteiger partial charge is 0.334 e. The summed E-state index contributed by atoms with van der Waals surface area (Å²) >= 11 is 0. The first-order valence-electron chi connectivity index (χ1n) is 3.03. The van der Waals surface area contributed by atoms with Crippen LogP contribution >= 0.6 is 0 Å². The van der Waals surface area contributed by atoms with Crippen LogP contribution in [0.1, 0.15) is 6.92 Å². The van der Waals surface area contributed by atoms with Crippen LogP contribution in [0.2, 0.25) is 0 Å². The second-order valence-corrected chi connectivity index (χ2v) is 1.75. The van der Waals surface area contributed by atoms with Crippen LogP contribution in [-0.4, -0.2) is 30.8 Å². The van der Waals surface area contributed by atoms with Crippen LogP contribution in [-0.2, 0) is 4.84 Å². The molecule has 0 aromatic rings. The van der Waals surface area contributed by atoms with Gasteiger partial charge in [0.05, 0.1) is 13.2 Å². The van der Waals surface area contributed by atoms with Crippen molar-refractivity contribution in [3.8, 4) is 0 Å². The van der Waals surface area contributed by atoms with Crippen molar-refractivity contribution in [3.05, 3.63) is 0 Å². The maximum absolute atomic E-state index is 10.7. The Bertz CT molecular complexity index is 116. The van der Waals surface area contributed by atoms with Gasteiger partial charge < -0.3 is 5.32 Å². The summed E-state index contributed by atoms with van der Waals surface area (Å²) in [5.74, 6) is 0. The van der Waals surface area contributed by atoms with Crippen molar-refractivity contribution in [1.82, 2.24) is 10.4 Å². The summed E-state index contributed by atoms with van der Waals surface area (Å²) in [5, 5.41) is 3.95. The molecule has 1 aliphatic heterocycles. The molecular formula is C5H10N2O2. The molecule has 1 N–H and O–H groups in total. The van der Waals surface area contributed by atoms with Gasteiger partial charge in [-0.15, -0.1) is 0 Å². The number of carbonyl (C=O) groups excluding carboxylic acids is 1.